The van der Waals surface area contributed by atoms with Crippen molar-refractivity contribution in [3.63, 3.8) is 0 Å². The summed E-state index contributed by atoms with van der Waals surface area (Å²) in [6.45, 7) is 0. The second-order valence-electron chi connectivity index (χ2n) is 4.53. The Balaban J connectivity index is 2.05. The third kappa shape index (κ3) is 3.05. The molecule has 0 aliphatic heterocycles. The van der Waals surface area contributed by atoms with Gasteiger partial charge in [0.1, 0.15) is 5.82 Å². The fraction of sp³-hybridized carbons (Fsp3) is 0.538. The smallest absolute Gasteiger partial charge is 0.129 e. The van der Waals surface area contributed by atoms with E-state index in [4.69, 9.17) is 0 Å². The molecular formula is C13H17BrFN. The van der Waals surface area contributed by atoms with Crippen molar-refractivity contribution in [2.75, 3.05) is 7.05 Å². The van der Waals surface area contributed by atoms with Crippen LogP contribution in [-0.4, -0.2) is 7.05 Å². The number of rotatable bonds is 5. The molecule has 88 valence electrons. The first-order valence-electron chi connectivity index (χ1n) is 5.83. The molecule has 1 aromatic carbocycles. The van der Waals surface area contributed by atoms with E-state index >= 15 is 0 Å². The van der Waals surface area contributed by atoms with E-state index < -0.39 is 0 Å². The molecule has 0 saturated heterocycles. The Morgan fingerprint density at radius 1 is 1.50 bits per heavy atom. The molecule has 0 heterocycles. The maximum Gasteiger partial charge on any atom is 0.129 e. The highest BCUT2D eigenvalue weighted by Gasteiger charge is 2.23. The molecule has 1 saturated carbocycles. The average Bonchev–Trinajstić information content (AvgIpc) is 3.05. The summed E-state index contributed by atoms with van der Waals surface area (Å²) in [5, 5.41) is 3.21. The number of hydrogen-bond acceptors (Lipinski definition) is 1. The van der Waals surface area contributed by atoms with Crippen LogP contribution in [-0.2, 0) is 0 Å². The van der Waals surface area contributed by atoms with Gasteiger partial charge in [-0.25, -0.2) is 4.39 Å². The van der Waals surface area contributed by atoms with Crippen molar-refractivity contribution in [1.82, 2.24) is 5.32 Å². The van der Waals surface area contributed by atoms with Crippen LogP contribution in [0.25, 0.3) is 0 Å². The first-order valence-corrected chi connectivity index (χ1v) is 6.62. The highest BCUT2D eigenvalue weighted by atomic mass is 79.9. The molecule has 0 amide bonds. The van der Waals surface area contributed by atoms with Crippen molar-refractivity contribution < 1.29 is 4.39 Å². The van der Waals surface area contributed by atoms with Gasteiger partial charge < -0.3 is 5.32 Å². The van der Waals surface area contributed by atoms with Crippen LogP contribution in [0.3, 0.4) is 0 Å². The van der Waals surface area contributed by atoms with E-state index in [1.54, 1.807) is 0 Å². The van der Waals surface area contributed by atoms with Crippen LogP contribution in [0.15, 0.2) is 22.7 Å². The third-order valence-electron chi connectivity index (χ3n) is 3.25. The van der Waals surface area contributed by atoms with Crippen molar-refractivity contribution in [3.05, 3.63) is 34.1 Å². The van der Waals surface area contributed by atoms with Gasteiger partial charge in [0.25, 0.3) is 0 Å². The van der Waals surface area contributed by atoms with Crippen molar-refractivity contribution in [2.45, 2.75) is 31.7 Å². The van der Waals surface area contributed by atoms with Crippen molar-refractivity contribution in [3.8, 4) is 0 Å². The molecule has 1 aliphatic carbocycles. The zero-order valence-corrected chi connectivity index (χ0v) is 11.1. The standard InChI is InChI=1S/C13H17BrFN/c1-16-13(7-4-9-2-3-9)11-6-5-10(14)8-12(11)15/h5-6,8-9,13,16H,2-4,7H2,1H3. The molecule has 16 heavy (non-hydrogen) atoms. The van der Waals surface area contributed by atoms with Crippen LogP contribution < -0.4 is 5.32 Å². The summed E-state index contributed by atoms with van der Waals surface area (Å²) in [5.41, 5.74) is 0.784. The molecular weight excluding hydrogens is 269 g/mol. The molecule has 3 heteroatoms. The van der Waals surface area contributed by atoms with E-state index in [2.05, 4.69) is 21.2 Å². The van der Waals surface area contributed by atoms with Crippen LogP contribution in [0.4, 0.5) is 4.39 Å². The predicted octanol–water partition coefficient (Wildman–Crippen LogP) is 4.04. The largest absolute Gasteiger partial charge is 0.313 e. The Morgan fingerprint density at radius 2 is 2.25 bits per heavy atom. The zero-order valence-electron chi connectivity index (χ0n) is 9.47. The Labute approximate surface area is 105 Å². The van der Waals surface area contributed by atoms with Crippen LogP contribution in [0.2, 0.25) is 0 Å². The second-order valence-corrected chi connectivity index (χ2v) is 5.44. The quantitative estimate of drug-likeness (QED) is 0.861. The molecule has 2 rings (SSSR count). The summed E-state index contributed by atoms with van der Waals surface area (Å²) in [6.07, 6.45) is 4.96. The van der Waals surface area contributed by atoms with Crippen LogP contribution >= 0.6 is 15.9 Å². The van der Waals surface area contributed by atoms with Gasteiger partial charge in [-0.05, 0) is 37.9 Å². The number of hydrogen-bond donors (Lipinski definition) is 1. The molecule has 1 aliphatic rings. The van der Waals surface area contributed by atoms with E-state index in [0.717, 1.165) is 22.4 Å². The van der Waals surface area contributed by atoms with Crippen LogP contribution in [0.5, 0.6) is 0 Å². The van der Waals surface area contributed by atoms with Gasteiger partial charge in [-0.2, -0.15) is 0 Å². The molecule has 0 aromatic heterocycles. The number of halogens is 2. The Bertz CT molecular complexity index is 363. The highest BCUT2D eigenvalue weighted by Crippen LogP contribution is 2.36. The molecule has 1 atom stereocenters. The van der Waals surface area contributed by atoms with Gasteiger partial charge in [-0.15, -0.1) is 0 Å². The second kappa shape index (κ2) is 5.28. The van der Waals surface area contributed by atoms with Gasteiger partial charge >= 0.3 is 0 Å². The average molecular weight is 286 g/mol. The summed E-state index contributed by atoms with van der Waals surface area (Å²) in [7, 11) is 1.90. The van der Waals surface area contributed by atoms with Gasteiger partial charge in [0, 0.05) is 16.1 Å². The molecule has 1 aromatic rings. The highest BCUT2D eigenvalue weighted by molar-refractivity contribution is 9.10. The lowest BCUT2D eigenvalue weighted by atomic mass is 10.0. The van der Waals surface area contributed by atoms with Gasteiger partial charge in [-0.3, -0.25) is 0 Å². The third-order valence-corrected chi connectivity index (χ3v) is 3.74. The van der Waals surface area contributed by atoms with Crippen molar-refractivity contribution >= 4 is 15.9 Å². The van der Waals surface area contributed by atoms with Gasteiger partial charge in [-0.1, -0.05) is 34.8 Å². The molecule has 1 fully saturated rings. The first-order chi connectivity index (χ1) is 7.70. The first kappa shape index (κ1) is 12.1. The molecule has 0 radical (unpaired) electrons. The van der Waals surface area contributed by atoms with E-state index in [9.17, 15) is 4.39 Å². The van der Waals surface area contributed by atoms with Crippen LogP contribution in [0, 0.1) is 11.7 Å². The maximum atomic E-state index is 13.8. The summed E-state index contributed by atoms with van der Waals surface area (Å²) in [5.74, 6) is 0.777. The molecule has 0 bridgehead atoms. The summed E-state index contributed by atoms with van der Waals surface area (Å²) >= 11 is 3.28. The Morgan fingerprint density at radius 3 is 2.81 bits per heavy atom. The number of nitrogens with one attached hydrogen (secondary N) is 1. The SMILES string of the molecule is CNC(CCC1CC1)c1ccc(Br)cc1F. The van der Waals surface area contributed by atoms with Gasteiger partial charge in [0.05, 0.1) is 0 Å². The van der Waals surface area contributed by atoms with Crippen molar-refractivity contribution in [2.24, 2.45) is 5.92 Å². The molecule has 1 N–H and O–H groups in total. The monoisotopic (exact) mass is 285 g/mol. The van der Waals surface area contributed by atoms with E-state index in [0.29, 0.717) is 0 Å². The lowest BCUT2D eigenvalue weighted by Gasteiger charge is -2.17. The molecule has 1 nitrogen and oxygen atoms in total. The van der Waals surface area contributed by atoms with E-state index in [1.807, 2.05) is 19.2 Å². The summed E-state index contributed by atoms with van der Waals surface area (Å²) in [4.78, 5) is 0. The summed E-state index contributed by atoms with van der Waals surface area (Å²) in [6, 6.07) is 5.46. The zero-order chi connectivity index (χ0) is 11.5. The number of benzene rings is 1. The fourth-order valence-corrected chi connectivity index (χ4v) is 2.38. The van der Waals surface area contributed by atoms with E-state index in [-0.39, 0.29) is 11.9 Å². The lowest BCUT2D eigenvalue weighted by molar-refractivity contribution is 0.480. The fourth-order valence-electron chi connectivity index (χ4n) is 2.05. The van der Waals surface area contributed by atoms with E-state index in [1.165, 1.54) is 25.3 Å². The van der Waals surface area contributed by atoms with Crippen molar-refractivity contribution in [1.29, 1.82) is 0 Å². The molecule has 1 unspecified atom stereocenters. The van der Waals surface area contributed by atoms with Crippen LogP contribution in [0.1, 0.15) is 37.3 Å². The minimum absolute atomic E-state index is 0.121. The maximum absolute atomic E-state index is 13.8. The minimum atomic E-state index is -0.121. The summed E-state index contributed by atoms with van der Waals surface area (Å²) < 4.78 is 14.6. The minimum Gasteiger partial charge on any atom is -0.313 e. The Hall–Kier alpha value is -0.410. The normalized spacial score (nSPS) is 17.4. The predicted molar refractivity (Wildman–Crippen MR) is 67.9 cm³/mol. The lowest BCUT2D eigenvalue weighted by Crippen LogP contribution is -2.17. The van der Waals surface area contributed by atoms with Gasteiger partial charge in [0.2, 0.25) is 0 Å². The Kier molecular flexibility index (Phi) is 3.98. The topological polar surface area (TPSA) is 12.0 Å². The molecule has 0 spiro atoms. The van der Waals surface area contributed by atoms with Gasteiger partial charge in [0.15, 0.2) is 0 Å².